The molecule has 0 aliphatic heterocycles. The highest BCUT2D eigenvalue weighted by atomic mass is 32.2. The van der Waals surface area contributed by atoms with Gasteiger partial charge in [-0.25, -0.2) is 0 Å². The van der Waals surface area contributed by atoms with Crippen LogP contribution in [-0.2, 0) is 16.1 Å². The van der Waals surface area contributed by atoms with Crippen molar-refractivity contribution in [2.45, 2.75) is 18.6 Å². The lowest BCUT2D eigenvalue weighted by atomic mass is 10.3. The van der Waals surface area contributed by atoms with Gasteiger partial charge < -0.3 is 14.8 Å². The van der Waals surface area contributed by atoms with Gasteiger partial charge in [-0.05, 0) is 30.5 Å². The minimum absolute atomic E-state index is 0.0999. The third-order valence-electron chi connectivity index (χ3n) is 3.80. The number of esters is 1. The average Bonchev–Trinajstić information content (AvgIpc) is 3.41. The van der Waals surface area contributed by atoms with Gasteiger partial charge in [-0.2, -0.15) is 0 Å². The topological polar surface area (TPSA) is 95.3 Å². The predicted octanol–water partition coefficient (Wildman–Crippen LogP) is 2.92. The van der Waals surface area contributed by atoms with E-state index in [2.05, 4.69) is 15.5 Å². The summed E-state index contributed by atoms with van der Waals surface area (Å²) in [5, 5.41) is 13.6. The van der Waals surface area contributed by atoms with E-state index in [0.29, 0.717) is 33.9 Å². The van der Waals surface area contributed by atoms with Crippen LogP contribution >= 0.6 is 23.1 Å². The molecule has 0 radical (unpaired) electrons. The second-order valence-corrected chi connectivity index (χ2v) is 7.55. The Kier molecular flexibility index (Phi) is 7.25. The summed E-state index contributed by atoms with van der Waals surface area (Å²) in [6.45, 7) is 2.24. The number of rotatable bonds is 9. The number of ether oxygens (including phenoxy) is 2. The average molecular weight is 433 g/mol. The maximum Gasteiger partial charge on any atom is 0.316 e. The first-order valence-electron chi connectivity index (χ1n) is 8.81. The van der Waals surface area contributed by atoms with Crippen molar-refractivity contribution < 1.29 is 19.1 Å². The summed E-state index contributed by atoms with van der Waals surface area (Å²) in [7, 11) is 1.58. The SMILES string of the molecule is CCOC(=O)CSc1nnc(CNC(=O)c2cccs2)n1-c1ccccc1OC. The molecular formula is C19H20N4O4S2. The van der Waals surface area contributed by atoms with E-state index in [-0.39, 0.29) is 24.2 Å². The lowest BCUT2D eigenvalue weighted by Crippen LogP contribution is -2.24. The maximum absolute atomic E-state index is 12.3. The van der Waals surface area contributed by atoms with E-state index >= 15 is 0 Å². The molecule has 152 valence electrons. The molecule has 0 saturated heterocycles. The summed E-state index contributed by atoms with van der Waals surface area (Å²) in [5.41, 5.74) is 0.715. The van der Waals surface area contributed by atoms with Gasteiger partial charge in [0.1, 0.15) is 5.75 Å². The van der Waals surface area contributed by atoms with Crippen molar-refractivity contribution in [2.24, 2.45) is 0 Å². The van der Waals surface area contributed by atoms with Gasteiger partial charge in [0.15, 0.2) is 11.0 Å². The minimum Gasteiger partial charge on any atom is -0.495 e. The van der Waals surface area contributed by atoms with Gasteiger partial charge in [-0.3, -0.25) is 14.2 Å². The number of benzene rings is 1. The Morgan fingerprint density at radius 3 is 2.76 bits per heavy atom. The third kappa shape index (κ3) is 5.15. The van der Waals surface area contributed by atoms with Crippen LogP contribution in [0.2, 0.25) is 0 Å². The molecule has 3 rings (SSSR count). The second-order valence-electron chi connectivity index (χ2n) is 5.66. The summed E-state index contributed by atoms with van der Waals surface area (Å²) in [6.07, 6.45) is 0. The van der Waals surface area contributed by atoms with Gasteiger partial charge in [0, 0.05) is 0 Å². The molecule has 0 aliphatic rings. The van der Waals surface area contributed by atoms with Gasteiger partial charge in [-0.1, -0.05) is 30.0 Å². The first kappa shape index (κ1) is 20.9. The van der Waals surface area contributed by atoms with Crippen LogP contribution in [-0.4, -0.2) is 46.1 Å². The smallest absolute Gasteiger partial charge is 0.316 e. The van der Waals surface area contributed by atoms with E-state index in [1.54, 1.807) is 24.7 Å². The summed E-state index contributed by atoms with van der Waals surface area (Å²) in [5.74, 6) is 0.722. The largest absolute Gasteiger partial charge is 0.495 e. The van der Waals surface area contributed by atoms with E-state index < -0.39 is 0 Å². The first-order chi connectivity index (χ1) is 14.1. The molecule has 0 unspecified atom stereocenters. The van der Waals surface area contributed by atoms with Gasteiger partial charge >= 0.3 is 5.97 Å². The van der Waals surface area contributed by atoms with Crippen LogP contribution in [0.4, 0.5) is 0 Å². The van der Waals surface area contributed by atoms with Gasteiger partial charge in [-0.15, -0.1) is 21.5 Å². The summed E-state index contributed by atoms with van der Waals surface area (Å²) < 4.78 is 12.2. The van der Waals surface area contributed by atoms with E-state index in [9.17, 15) is 9.59 Å². The highest BCUT2D eigenvalue weighted by Gasteiger charge is 2.19. The van der Waals surface area contributed by atoms with Crippen molar-refractivity contribution in [2.75, 3.05) is 19.5 Å². The number of amides is 1. The van der Waals surface area contributed by atoms with Crippen LogP contribution in [0.15, 0.2) is 46.9 Å². The summed E-state index contributed by atoms with van der Waals surface area (Å²) in [6, 6.07) is 11.0. The molecule has 0 fully saturated rings. The van der Waals surface area contributed by atoms with Crippen LogP contribution in [0.5, 0.6) is 5.75 Å². The Balaban J connectivity index is 1.87. The number of carbonyl (C=O) groups excluding carboxylic acids is 2. The van der Waals surface area contributed by atoms with E-state index in [0.717, 1.165) is 0 Å². The van der Waals surface area contributed by atoms with Gasteiger partial charge in [0.05, 0.1) is 36.6 Å². The number of thiophene rings is 1. The molecular weight excluding hydrogens is 412 g/mol. The zero-order valence-corrected chi connectivity index (χ0v) is 17.6. The number of thioether (sulfide) groups is 1. The molecule has 2 heterocycles. The number of hydrogen-bond donors (Lipinski definition) is 1. The molecule has 0 spiro atoms. The molecule has 10 heteroatoms. The molecule has 0 bridgehead atoms. The molecule has 8 nitrogen and oxygen atoms in total. The Morgan fingerprint density at radius 1 is 1.21 bits per heavy atom. The third-order valence-corrected chi connectivity index (χ3v) is 5.57. The zero-order valence-electron chi connectivity index (χ0n) is 16.0. The molecule has 29 heavy (non-hydrogen) atoms. The van der Waals surface area contributed by atoms with Gasteiger partial charge in [0.2, 0.25) is 0 Å². The second kappa shape index (κ2) is 10.1. The van der Waals surface area contributed by atoms with Crippen molar-refractivity contribution >= 4 is 35.0 Å². The standard InChI is InChI=1S/C19H20N4O4S2/c1-3-27-17(24)12-29-19-22-21-16(11-20-18(25)15-9-6-10-28-15)23(19)13-7-4-5-8-14(13)26-2/h4-10H,3,11-12H2,1-2H3,(H,20,25). The van der Waals surface area contributed by atoms with Crippen LogP contribution in [0.25, 0.3) is 5.69 Å². The van der Waals surface area contributed by atoms with Crippen molar-refractivity contribution in [3.63, 3.8) is 0 Å². The number of para-hydroxylation sites is 2. The number of aromatic nitrogens is 3. The lowest BCUT2D eigenvalue weighted by molar-refractivity contribution is -0.139. The normalized spacial score (nSPS) is 10.6. The van der Waals surface area contributed by atoms with Gasteiger partial charge in [0.25, 0.3) is 5.91 Å². The fourth-order valence-electron chi connectivity index (χ4n) is 2.55. The predicted molar refractivity (Wildman–Crippen MR) is 111 cm³/mol. The van der Waals surface area contributed by atoms with E-state index in [1.807, 2.05) is 35.7 Å². The van der Waals surface area contributed by atoms with Crippen molar-refractivity contribution in [1.29, 1.82) is 0 Å². The molecule has 0 saturated carbocycles. The van der Waals surface area contributed by atoms with E-state index in [1.165, 1.54) is 23.1 Å². The number of hydrogen-bond acceptors (Lipinski definition) is 8. The van der Waals surface area contributed by atoms with Crippen molar-refractivity contribution in [3.8, 4) is 11.4 Å². The molecule has 1 N–H and O–H groups in total. The number of carbonyl (C=O) groups is 2. The van der Waals surface area contributed by atoms with Crippen molar-refractivity contribution in [1.82, 2.24) is 20.1 Å². The Bertz CT molecular complexity index is 973. The molecule has 3 aromatic rings. The number of nitrogens with zero attached hydrogens (tertiary/aromatic N) is 3. The summed E-state index contributed by atoms with van der Waals surface area (Å²) in [4.78, 5) is 24.7. The molecule has 0 atom stereocenters. The maximum atomic E-state index is 12.3. The highest BCUT2D eigenvalue weighted by molar-refractivity contribution is 7.99. The number of nitrogens with one attached hydrogen (secondary N) is 1. The highest BCUT2D eigenvalue weighted by Crippen LogP contribution is 2.28. The Hall–Kier alpha value is -2.85. The van der Waals surface area contributed by atoms with E-state index in [4.69, 9.17) is 9.47 Å². The fraction of sp³-hybridized carbons (Fsp3) is 0.263. The zero-order chi connectivity index (χ0) is 20.6. The van der Waals surface area contributed by atoms with Crippen LogP contribution in [0.3, 0.4) is 0 Å². The quantitative estimate of drug-likeness (QED) is 0.410. The van der Waals surface area contributed by atoms with Crippen LogP contribution < -0.4 is 10.1 Å². The lowest BCUT2D eigenvalue weighted by Gasteiger charge is -2.14. The fourth-order valence-corrected chi connectivity index (χ4v) is 3.95. The molecule has 0 aliphatic carbocycles. The Labute approximate surface area is 176 Å². The minimum atomic E-state index is -0.334. The molecule has 1 aromatic carbocycles. The van der Waals surface area contributed by atoms with Crippen LogP contribution in [0, 0.1) is 0 Å². The first-order valence-corrected chi connectivity index (χ1v) is 10.7. The Morgan fingerprint density at radius 2 is 2.03 bits per heavy atom. The summed E-state index contributed by atoms with van der Waals surface area (Å²) >= 11 is 2.57. The molecule has 2 aromatic heterocycles. The molecule has 1 amide bonds. The monoisotopic (exact) mass is 432 g/mol. The van der Waals surface area contributed by atoms with Crippen LogP contribution in [0.1, 0.15) is 22.4 Å². The van der Waals surface area contributed by atoms with Crippen molar-refractivity contribution in [3.05, 3.63) is 52.5 Å². The number of methoxy groups -OCH3 is 1.